The maximum atomic E-state index is 13.7. The Morgan fingerprint density at radius 3 is 2.36 bits per heavy atom. The SMILES string of the molecule is CCS(=O)(=O)N(CC(=O)N(Cc1cccc(C)c1)[C@H](C)C(=O)NC(C)C)c1ccc2c(c1)OCCO2. The van der Waals surface area contributed by atoms with Crippen LogP contribution in [0, 0.1) is 6.92 Å². The molecule has 9 nitrogen and oxygen atoms in total. The van der Waals surface area contributed by atoms with Crippen LogP contribution in [0.5, 0.6) is 11.5 Å². The van der Waals surface area contributed by atoms with E-state index >= 15 is 0 Å². The summed E-state index contributed by atoms with van der Waals surface area (Å²) in [4.78, 5) is 28.0. The molecule has 36 heavy (non-hydrogen) atoms. The lowest BCUT2D eigenvalue weighted by Crippen LogP contribution is -2.52. The van der Waals surface area contributed by atoms with Gasteiger partial charge >= 0.3 is 0 Å². The molecule has 2 aromatic rings. The molecule has 1 aliphatic rings. The number of nitrogens with zero attached hydrogens (tertiary/aromatic N) is 2. The van der Waals surface area contributed by atoms with Crippen molar-refractivity contribution in [2.45, 2.75) is 53.2 Å². The van der Waals surface area contributed by atoms with Crippen LogP contribution in [0.3, 0.4) is 0 Å². The smallest absolute Gasteiger partial charge is 0.244 e. The van der Waals surface area contributed by atoms with E-state index in [4.69, 9.17) is 9.47 Å². The van der Waals surface area contributed by atoms with Crippen LogP contribution in [0.2, 0.25) is 0 Å². The van der Waals surface area contributed by atoms with Crippen molar-refractivity contribution in [1.29, 1.82) is 0 Å². The number of aryl methyl sites for hydroxylation is 1. The highest BCUT2D eigenvalue weighted by Gasteiger charge is 2.31. The van der Waals surface area contributed by atoms with Crippen LogP contribution in [0.25, 0.3) is 0 Å². The monoisotopic (exact) mass is 517 g/mol. The first-order valence-electron chi connectivity index (χ1n) is 12.1. The van der Waals surface area contributed by atoms with E-state index < -0.39 is 28.5 Å². The Hall–Kier alpha value is -3.27. The predicted molar refractivity (Wildman–Crippen MR) is 139 cm³/mol. The maximum Gasteiger partial charge on any atom is 0.244 e. The minimum atomic E-state index is -3.82. The summed E-state index contributed by atoms with van der Waals surface area (Å²) in [6.45, 7) is 9.26. The molecule has 196 valence electrons. The summed E-state index contributed by atoms with van der Waals surface area (Å²) in [5, 5.41) is 2.84. The highest BCUT2D eigenvalue weighted by atomic mass is 32.2. The Kier molecular flexibility index (Phi) is 8.84. The average Bonchev–Trinajstić information content (AvgIpc) is 2.84. The van der Waals surface area contributed by atoms with Crippen LogP contribution >= 0.6 is 0 Å². The largest absolute Gasteiger partial charge is 0.486 e. The summed E-state index contributed by atoms with van der Waals surface area (Å²) in [6.07, 6.45) is 0. The van der Waals surface area contributed by atoms with Gasteiger partial charge in [0.1, 0.15) is 25.8 Å². The fourth-order valence-electron chi connectivity index (χ4n) is 3.90. The lowest BCUT2D eigenvalue weighted by Gasteiger charge is -2.32. The molecular formula is C26H35N3O6S. The zero-order chi connectivity index (χ0) is 26.5. The van der Waals surface area contributed by atoms with Crippen molar-refractivity contribution in [2.75, 3.05) is 29.8 Å². The maximum absolute atomic E-state index is 13.7. The number of benzene rings is 2. The fourth-order valence-corrected chi connectivity index (χ4v) is 4.96. The highest BCUT2D eigenvalue weighted by Crippen LogP contribution is 2.35. The van der Waals surface area contributed by atoms with Gasteiger partial charge in [0.05, 0.1) is 11.4 Å². The van der Waals surface area contributed by atoms with Crippen LogP contribution in [0.1, 0.15) is 38.8 Å². The van der Waals surface area contributed by atoms with Crippen molar-refractivity contribution in [3.63, 3.8) is 0 Å². The molecule has 0 aliphatic carbocycles. The second kappa shape index (κ2) is 11.6. The van der Waals surface area contributed by atoms with E-state index in [0.29, 0.717) is 30.4 Å². The lowest BCUT2D eigenvalue weighted by atomic mass is 10.1. The minimum Gasteiger partial charge on any atom is -0.486 e. The Labute approximate surface area is 213 Å². The molecule has 1 aliphatic heterocycles. The predicted octanol–water partition coefficient (Wildman–Crippen LogP) is 2.86. The van der Waals surface area contributed by atoms with Crippen LogP contribution in [0.15, 0.2) is 42.5 Å². The van der Waals surface area contributed by atoms with E-state index in [1.165, 1.54) is 11.8 Å². The first kappa shape index (κ1) is 27.3. The van der Waals surface area contributed by atoms with E-state index in [0.717, 1.165) is 15.4 Å². The van der Waals surface area contributed by atoms with Crippen molar-refractivity contribution < 1.29 is 27.5 Å². The molecule has 3 rings (SSSR count). The summed E-state index contributed by atoms with van der Waals surface area (Å²) in [7, 11) is -3.82. The molecule has 1 heterocycles. The van der Waals surface area contributed by atoms with E-state index in [9.17, 15) is 18.0 Å². The third kappa shape index (κ3) is 6.69. The van der Waals surface area contributed by atoms with Crippen molar-refractivity contribution in [3.8, 4) is 11.5 Å². The van der Waals surface area contributed by atoms with Gasteiger partial charge in [0.25, 0.3) is 0 Å². The average molecular weight is 518 g/mol. The number of nitrogens with one attached hydrogen (secondary N) is 1. The second-order valence-electron chi connectivity index (χ2n) is 9.09. The summed E-state index contributed by atoms with van der Waals surface area (Å²) in [5.74, 6) is -0.0604. The number of sulfonamides is 1. The molecule has 0 bridgehead atoms. The van der Waals surface area contributed by atoms with Gasteiger partial charge in [-0.2, -0.15) is 0 Å². The summed E-state index contributed by atoms with van der Waals surface area (Å²) < 4.78 is 38.4. The van der Waals surface area contributed by atoms with Gasteiger partial charge in [0.15, 0.2) is 11.5 Å². The molecule has 1 N–H and O–H groups in total. The van der Waals surface area contributed by atoms with Gasteiger partial charge in [-0.25, -0.2) is 8.42 Å². The molecule has 0 saturated heterocycles. The van der Waals surface area contributed by atoms with E-state index in [-0.39, 0.29) is 24.2 Å². The Balaban J connectivity index is 1.95. The number of hydrogen-bond acceptors (Lipinski definition) is 6. The van der Waals surface area contributed by atoms with E-state index in [2.05, 4.69) is 5.32 Å². The number of amides is 2. The third-order valence-electron chi connectivity index (χ3n) is 5.83. The van der Waals surface area contributed by atoms with Gasteiger partial charge in [-0.1, -0.05) is 29.8 Å². The molecule has 0 unspecified atom stereocenters. The van der Waals surface area contributed by atoms with Gasteiger partial charge < -0.3 is 19.7 Å². The standard InChI is InChI=1S/C26H35N3O6S/c1-6-36(32,33)29(22-10-11-23-24(15-22)35-13-12-34-23)17-25(30)28(20(5)26(31)27-18(2)3)16-21-9-7-8-19(4)14-21/h7-11,14-15,18,20H,6,12-13,16-17H2,1-5H3,(H,27,31)/t20-/m1/s1. The van der Waals surface area contributed by atoms with Crippen LogP contribution in [-0.4, -0.2) is 62.7 Å². The molecule has 1 atom stereocenters. The highest BCUT2D eigenvalue weighted by molar-refractivity contribution is 7.92. The first-order chi connectivity index (χ1) is 17.0. The Morgan fingerprint density at radius 1 is 1.03 bits per heavy atom. The van der Waals surface area contributed by atoms with Gasteiger partial charge in [0, 0.05) is 18.7 Å². The molecule has 0 fully saturated rings. The van der Waals surface area contributed by atoms with Crippen LogP contribution in [-0.2, 0) is 26.2 Å². The minimum absolute atomic E-state index is 0.106. The third-order valence-corrected chi connectivity index (χ3v) is 7.57. The van der Waals surface area contributed by atoms with Gasteiger partial charge in [-0.05, 0) is 52.3 Å². The summed E-state index contributed by atoms with van der Waals surface area (Å²) in [5.41, 5.74) is 2.16. The lowest BCUT2D eigenvalue weighted by molar-refractivity contribution is -0.139. The molecule has 2 amide bonds. The zero-order valence-corrected chi connectivity index (χ0v) is 22.3. The quantitative estimate of drug-likeness (QED) is 0.520. The second-order valence-corrected chi connectivity index (χ2v) is 11.3. The summed E-state index contributed by atoms with van der Waals surface area (Å²) >= 11 is 0. The fraction of sp³-hybridized carbons (Fsp3) is 0.462. The van der Waals surface area contributed by atoms with Gasteiger partial charge in [0.2, 0.25) is 21.8 Å². The van der Waals surface area contributed by atoms with E-state index in [1.807, 2.05) is 45.0 Å². The number of hydrogen-bond donors (Lipinski definition) is 1. The Bertz CT molecular complexity index is 1200. The molecule has 10 heteroatoms. The van der Waals surface area contributed by atoms with Crippen molar-refractivity contribution in [1.82, 2.24) is 10.2 Å². The zero-order valence-electron chi connectivity index (χ0n) is 21.5. The molecule has 0 radical (unpaired) electrons. The van der Waals surface area contributed by atoms with Gasteiger partial charge in [-0.3, -0.25) is 13.9 Å². The molecular weight excluding hydrogens is 482 g/mol. The number of ether oxygens (including phenoxy) is 2. The normalized spacial score (nSPS) is 13.7. The summed E-state index contributed by atoms with van der Waals surface area (Å²) in [6, 6.07) is 11.5. The topological polar surface area (TPSA) is 105 Å². The van der Waals surface area contributed by atoms with Crippen molar-refractivity contribution in [3.05, 3.63) is 53.6 Å². The number of anilines is 1. The molecule has 0 spiro atoms. The van der Waals surface area contributed by atoms with Gasteiger partial charge in [-0.15, -0.1) is 0 Å². The molecule has 2 aromatic carbocycles. The molecule has 0 aromatic heterocycles. The van der Waals surface area contributed by atoms with E-state index in [1.54, 1.807) is 25.1 Å². The first-order valence-corrected chi connectivity index (χ1v) is 13.7. The van der Waals surface area contributed by atoms with Crippen LogP contribution in [0.4, 0.5) is 5.69 Å². The number of carbonyl (C=O) groups excluding carboxylic acids is 2. The van der Waals surface area contributed by atoms with Crippen LogP contribution < -0.4 is 19.1 Å². The molecule has 0 saturated carbocycles. The number of rotatable bonds is 10. The van der Waals surface area contributed by atoms with Crippen molar-refractivity contribution >= 4 is 27.5 Å². The van der Waals surface area contributed by atoms with Crippen molar-refractivity contribution in [2.24, 2.45) is 0 Å². The number of carbonyl (C=O) groups is 2. The Morgan fingerprint density at radius 2 is 1.72 bits per heavy atom. The number of fused-ring (bicyclic) bond motifs is 1.